The second-order valence-electron chi connectivity index (χ2n) is 7.66. The Morgan fingerprint density at radius 3 is 2.82 bits per heavy atom. The zero-order valence-corrected chi connectivity index (χ0v) is 21.2. The summed E-state index contributed by atoms with van der Waals surface area (Å²) in [7, 11) is 5.00. The van der Waals surface area contributed by atoms with E-state index >= 15 is 0 Å². The number of benzene rings is 1. The number of aryl methyl sites for hydroxylation is 1. The highest BCUT2D eigenvalue weighted by atomic mass is 32.2. The summed E-state index contributed by atoms with van der Waals surface area (Å²) >= 11 is 2.87. The van der Waals surface area contributed by atoms with Crippen LogP contribution in [-0.2, 0) is 22.4 Å². The summed E-state index contributed by atoms with van der Waals surface area (Å²) in [5.74, 6) is 1.51. The number of unbranched alkanes of at least 4 members (excludes halogenated alkanes) is 1. The van der Waals surface area contributed by atoms with Crippen molar-refractivity contribution in [3.05, 3.63) is 46.4 Å². The number of hydrogen-bond acceptors (Lipinski definition) is 9. The molecule has 0 aliphatic carbocycles. The first-order chi connectivity index (χ1) is 16.7. The second kappa shape index (κ2) is 11.7. The molecule has 2 N–H and O–H groups in total. The van der Waals surface area contributed by atoms with E-state index in [0.29, 0.717) is 11.5 Å². The van der Waals surface area contributed by atoms with Gasteiger partial charge < -0.3 is 19.4 Å². The van der Waals surface area contributed by atoms with E-state index in [0.717, 1.165) is 70.8 Å². The van der Waals surface area contributed by atoms with Crippen molar-refractivity contribution in [3.63, 3.8) is 0 Å². The fraction of sp³-hybridized carbons (Fsp3) is 0.375. The van der Waals surface area contributed by atoms with Gasteiger partial charge in [0.05, 0.1) is 24.8 Å². The summed E-state index contributed by atoms with van der Waals surface area (Å²) in [5, 5.41) is 6.22. The molecule has 0 spiro atoms. The van der Waals surface area contributed by atoms with E-state index < -0.39 is 0 Å². The van der Waals surface area contributed by atoms with E-state index in [1.807, 2.05) is 36.7 Å². The number of carbonyl (C=O) groups excluding carboxylic acids is 1. The molecular formula is C24H29N5O3S2. The molecular weight excluding hydrogens is 470 g/mol. The van der Waals surface area contributed by atoms with Crippen molar-refractivity contribution in [2.45, 2.75) is 30.7 Å². The highest BCUT2D eigenvalue weighted by Gasteiger charge is 2.18. The number of para-hydroxylation sites is 1. The highest BCUT2D eigenvalue weighted by molar-refractivity contribution is 7.97. The van der Waals surface area contributed by atoms with Crippen LogP contribution in [0.25, 0.3) is 21.9 Å². The largest absolute Gasteiger partial charge is 0.465 e. The fourth-order valence-corrected chi connectivity index (χ4v) is 5.67. The first-order valence-electron chi connectivity index (χ1n) is 11.2. The number of nitrogens with one attached hydrogen (secondary N) is 2. The Balaban J connectivity index is 1.47. The molecule has 8 nitrogen and oxygen atoms in total. The number of methoxy groups -OCH3 is 2. The number of anilines is 1. The maximum absolute atomic E-state index is 11.8. The SMILES string of the molecule is CNc1nc2ccccc2c2c1nc(CCOC)n2CCCCNSc1ccsc1C(=O)OC. The van der Waals surface area contributed by atoms with Crippen LogP contribution in [0.3, 0.4) is 0 Å². The van der Waals surface area contributed by atoms with Gasteiger partial charge in [0, 0.05) is 43.9 Å². The molecule has 34 heavy (non-hydrogen) atoms. The summed E-state index contributed by atoms with van der Waals surface area (Å²) in [6, 6.07) is 10.1. The maximum Gasteiger partial charge on any atom is 0.349 e. The molecule has 4 aromatic rings. The summed E-state index contributed by atoms with van der Waals surface area (Å²) in [5.41, 5.74) is 2.96. The number of rotatable bonds is 12. The molecule has 0 unspecified atom stereocenters. The molecule has 10 heteroatoms. The second-order valence-corrected chi connectivity index (χ2v) is 9.51. The van der Waals surface area contributed by atoms with Gasteiger partial charge in [-0.2, -0.15) is 0 Å². The standard InChI is InChI=1S/C24H29N5O3S2/c1-25-23-20-21(16-8-4-5-9-17(16)27-23)29(19(28-20)10-14-31-2)13-7-6-12-26-34-18-11-15-33-22(18)24(30)32-3/h4-5,8-9,11,15,26H,6-7,10,12-14H2,1-3H3,(H,25,27). The van der Waals surface area contributed by atoms with E-state index in [-0.39, 0.29) is 5.97 Å². The third-order valence-electron chi connectivity index (χ3n) is 5.52. The van der Waals surface area contributed by atoms with E-state index in [4.69, 9.17) is 19.4 Å². The summed E-state index contributed by atoms with van der Waals surface area (Å²) in [4.78, 5) is 23.1. The average Bonchev–Trinajstić information content (AvgIpc) is 3.48. The lowest BCUT2D eigenvalue weighted by Gasteiger charge is -2.11. The summed E-state index contributed by atoms with van der Waals surface area (Å²) in [6.45, 7) is 2.29. The molecule has 3 aromatic heterocycles. The Hall–Kier alpha value is -2.66. The number of thiophene rings is 1. The molecule has 180 valence electrons. The van der Waals surface area contributed by atoms with Gasteiger partial charge in [-0.25, -0.2) is 14.8 Å². The van der Waals surface area contributed by atoms with Crippen LogP contribution in [0, 0.1) is 0 Å². The molecule has 0 saturated carbocycles. The molecule has 0 aliphatic rings. The number of carbonyl (C=O) groups is 1. The van der Waals surface area contributed by atoms with Gasteiger partial charge in [0.25, 0.3) is 0 Å². The number of esters is 1. The maximum atomic E-state index is 11.8. The normalized spacial score (nSPS) is 11.4. The number of fused-ring (bicyclic) bond motifs is 3. The molecule has 4 rings (SSSR count). The molecule has 0 fully saturated rings. The lowest BCUT2D eigenvalue weighted by atomic mass is 10.2. The number of nitrogens with zero attached hydrogens (tertiary/aromatic N) is 3. The summed E-state index contributed by atoms with van der Waals surface area (Å²) in [6.07, 6.45) is 2.71. The van der Waals surface area contributed by atoms with Crippen molar-refractivity contribution in [2.24, 2.45) is 0 Å². The Morgan fingerprint density at radius 1 is 1.18 bits per heavy atom. The number of ether oxygens (including phenoxy) is 2. The average molecular weight is 500 g/mol. The van der Waals surface area contributed by atoms with Crippen LogP contribution in [-0.4, -0.2) is 54.9 Å². The zero-order chi connectivity index (χ0) is 23.9. The molecule has 0 amide bonds. The zero-order valence-electron chi connectivity index (χ0n) is 19.6. The van der Waals surface area contributed by atoms with Gasteiger partial charge in [0.15, 0.2) is 5.82 Å². The minimum absolute atomic E-state index is 0.294. The van der Waals surface area contributed by atoms with Crippen molar-refractivity contribution < 1.29 is 14.3 Å². The fourth-order valence-electron chi connectivity index (χ4n) is 3.90. The number of imidazole rings is 1. The highest BCUT2D eigenvalue weighted by Crippen LogP contribution is 2.31. The van der Waals surface area contributed by atoms with E-state index in [1.165, 1.54) is 30.4 Å². The van der Waals surface area contributed by atoms with Crippen LogP contribution >= 0.6 is 23.3 Å². The van der Waals surface area contributed by atoms with Crippen molar-refractivity contribution in [1.29, 1.82) is 0 Å². The quantitative estimate of drug-likeness (QED) is 0.164. The van der Waals surface area contributed by atoms with Crippen LogP contribution < -0.4 is 10.0 Å². The van der Waals surface area contributed by atoms with E-state index in [1.54, 1.807) is 7.11 Å². The van der Waals surface area contributed by atoms with Crippen molar-refractivity contribution in [3.8, 4) is 0 Å². The smallest absolute Gasteiger partial charge is 0.349 e. The Morgan fingerprint density at radius 2 is 2.03 bits per heavy atom. The lowest BCUT2D eigenvalue weighted by molar-refractivity contribution is 0.0602. The summed E-state index contributed by atoms with van der Waals surface area (Å²) < 4.78 is 15.9. The van der Waals surface area contributed by atoms with Gasteiger partial charge in [-0.05, 0) is 42.3 Å². The van der Waals surface area contributed by atoms with Gasteiger partial charge in [-0.3, -0.25) is 4.72 Å². The number of aromatic nitrogens is 3. The van der Waals surface area contributed by atoms with Crippen molar-refractivity contribution in [2.75, 3.05) is 39.7 Å². The predicted molar refractivity (Wildman–Crippen MR) is 139 cm³/mol. The van der Waals surface area contributed by atoms with Crippen molar-refractivity contribution >= 4 is 57.0 Å². The lowest BCUT2D eigenvalue weighted by Crippen LogP contribution is -2.10. The van der Waals surface area contributed by atoms with Crippen LogP contribution in [0.15, 0.2) is 40.6 Å². The Labute approximate surface area is 207 Å². The van der Waals surface area contributed by atoms with Gasteiger partial charge in [0.2, 0.25) is 0 Å². The molecule has 0 saturated heterocycles. The van der Waals surface area contributed by atoms with Crippen molar-refractivity contribution in [1.82, 2.24) is 19.3 Å². The minimum Gasteiger partial charge on any atom is -0.465 e. The predicted octanol–water partition coefficient (Wildman–Crippen LogP) is 4.74. The molecule has 0 bridgehead atoms. The minimum atomic E-state index is -0.294. The molecule has 3 heterocycles. The molecule has 0 radical (unpaired) electrons. The van der Waals surface area contributed by atoms with Crippen LogP contribution in [0.4, 0.5) is 5.82 Å². The first-order valence-corrected chi connectivity index (χ1v) is 12.9. The van der Waals surface area contributed by atoms with Gasteiger partial charge in [-0.1, -0.05) is 18.2 Å². The monoisotopic (exact) mass is 499 g/mol. The molecule has 1 aromatic carbocycles. The molecule has 0 atom stereocenters. The van der Waals surface area contributed by atoms with Crippen LogP contribution in [0.1, 0.15) is 28.3 Å². The third kappa shape index (κ3) is 5.20. The van der Waals surface area contributed by atoms with Crippen LogP contribution in [0.2, 0.25) is 0 Å². The Bertz CT molecular complexity index is 1270. The van der Waals surface area contributed by atoms with Gasteiger partial charge >= 0.3 is 5.97 Å². The number of hydrogen-bond donors (Lipinski definition) is 2. The van der Waals surface area contributed by atoms with Crippen LogP contribution in [0.5, 0.6) is 0 Å². The van der Waals surface area contributed by atoms with E-state index in [2.05, 4.69) is 20.7 Å². The van der Waals surface area contributed by atoms with Gasteiger partial charge in [-0.15, -0.1) is 11.3 Å². The Kier molecular flexibility index (Phi) is 8.39. The van der Waals surface area contributed by atoms with E-state index in [9.17, 15) is 4.79 Å². The molecule has 0 aliphatic heterocycles. The number of pyridine rings is 1. The topological polar surface area (TPSA) is 90.3 Å². The van der Waals surface area contributed by atoms with Gasteiger partial charge in [0.1, 0.15) is 16.2 Å². The third-order valence-corrected chi connectivity index (χ3v) is 7.45. The first kappa shape index (κ1) is 24.5.